The van der Waals surface area contributed by atoms with E-state index < -0.39 is 6.03 Å². The average molecular weight is 298 g/mol. The predicted octanol–water partition coefficient (Wildman–Crippen LogP) is 1.07. The van der Waals surface area contributed by atoms with Crippen molar-refractivity contribution in [3.8, 4) is 0 Å². The minimum Gasteiger partial charge on any atom is -0.341 e. The number of hydrogen-bond donors (Lipinski definition) is 3. The summed E-state index contributed by atoms with van der Waals surface area (Å²) in [6.45, 7) is 5.11. The van der Waals surface area contributed by atoms with Crippen molar-refractivity contribution in [2.45, 2.75) is 64.1 Å². The lowest BCUT2D eigenvalue weighted by Crippen LogP contribution is -2.52. The molecule has 1 rings (SSSR count). The fourth-order valence-corrected chi connectivity index (χ4v) is 2.82. The van der Waals surface area contributed by atoms with E-state index in [1.165, 1.54) is 7.05 Å². The number of hydrogen-bond acceptors (Lipinski definition) is 4. The Morgan fingerprint density at radius 3 is 2.38 bits per heavy atom. The highest BCUT2D eigenvalue weighted by molar-refractivity contribution is 5.96. The number of rotatable bonds is 6. The van der Waals surface area contributed by atoms with Gasteiger partial charge < -0.3 is 10.6 Å². The van der Waals surface area contributed by atoms with Crippen LogP contribution < -0.4 is 16.0 Å². The van der Waals surface area contributed by atoms with E-state index >= 15 is 0 Å². The van der Waals surface area contributed by atoms with Gasteiger partial charge in [-0.2, -0.15) is 0 Å². The molecule has 6 heteroatoms. The molecule has 0 aromatic carbocycles. The van der Waals surface area contributed by atoms with Gasteiger partial charge in [0.1, 0.15) is 0 Å². The zero-order valence-corrected chi connectivity index (χ0v) is 13.7. The molecule has 3 N–H and O–H groups in total. The van der Waals surface area contributed by atoms with Crippen LogP contribution in [0.15, 0.2) is 0 Å². The largest absolute Gasteiger partial charge is 0.341 e. The van der Waals surface area contributed by atoms with Gasteiger partial charge in [0.05, 0.1) is 6.04 Å². The lowest BCUT2D eigenvalue weighted by Gasteiger charge is -2.37. The van der Waals surface area contributed by atoms with Crippen LogP contribution in [0, 0.1) is 0 Å². The first-order valence-corrected chi connectivity index (χ1v) is 7.97. The number of carbonyl (C=O) groups excluding carboxylic acids is 2. The van der Waals surface area contributed by atoms with Crippen LogP contribution in [0.5, 0.6) is 0 Å². The van der Waals surface area contributed by atoms with E-state index in [-0.39, 0.29) is 11.9 Å². The average Bonchev–Trinajstić information content (AvgIpc) is 2.51. The van der Waals surface area contributed by atoms with Crippen LogP contribution in [0.4, 0.5) is 4.79 Å². The molecule has 1 aliphatic carbocycles. The van der Waals surface area contributed by atoms with Crippen molar-refractivity contribution in [3.05, 3.63) is 0 Å². The summed E-state index contributed by atoms with van der Waals surface area (Å²) < 4.78 is 0. The molecule has 0 saturated heterocycles. The van der Waals surface area contributed by atoms with E-state index in [0.717, 1.165) is 38.6 Å². The summed E-state index contributed by atoms with van der Waals surface area (Å²) in [7, 11) is 3.47. The summed E-state index contributed by atoms with van der Waals surface area (Å²) in [5.41, 5.74) is 0. The van der Waals surface area contributed by atoms with E-state index in [0.29, 0.717) is 12.1 Å². The second-order valence-electron chi connectivity index (χ2n) is 5.87. The molecule has 0 aromatic rings. The summed E-state index contributed by atoms with van der Waals surface area (Å²) in [6.07, 6.45) is 5.65. The van der Waals surface area contributed by atoms with Gasteiger partial charge in [0.15, 0.2) is 0 Å². The quantitative estimate of drug-likeness (QED) is 0.686. The maximum atomic E-state index is 12.0. The molecule has 21 heavy (non-hydrogen) atoms. The third kappa shape index (κ3) is 5.63. The van der Waals surface area contributed by atoms with Gasteiger partial charge in [-0.25, -0.2) is 4.79 Å². The molecular formula is C15H30N4O2. The Balaban J connectivity index is 2.40. The van der Waals surface area contributed by atoms with Crippen LogP contribution in [0.2, 0.25) is 0 Å². The van der Waals surface area contributed by atoms with Crippen molar-refractivity contribution in [2.75, 3.05) is 20.6 Å². The highest BCUT2D eigenvalue weighted by atomic mass is 16.2. The summed E-state index contributed by atoms with van der Waals surface area (Å²) in [5, 5.41) is 8.31. The third-order valence-corrected chi connectivity index (χ3v) is 4.41. The maximum absolute atomic E-state index is 12.0. The normalized spacial score (nSPS) is 23.7. The SMILES string of the molecule is CCCNC1CCC(N(C)C(C)C(=O)NC(=O)NC)CC1. The fourth-order valence-electron chi connectivity index (χ4n) is 2.82. The minimum atomic E-state index is -0.451. The number of imide groups is 1. The van der Waals surface area contributed by atoms with Crippen molar-refractivity contribution < 1.29 is 9.59 Å². The number of carbonyl (C=O) groups is 2. The molecule has 0 heterocycles. The molecule has 1 unspecified atom stereocenters. The Morgan fingerprint density at radius 2 is 1.86 bits per heavy atom. The highest BCUT2D eigenvalue weighted by Crippen LogP contribution is 2.23. The molecule has 122 valence electrons. The van der Waals surface area contributed by atoms with Crippen molar-refractivity contribution >= 4 is 11.9 Å². The lowest BCUT2D eigenvalue weighted by molar-refractivity contribution is -0.125. The standard InChI is InChI=1S/C15H30N4O2/c1-5-10-17-12-6-8-13(9-7-12)19(4)11(2)14(20)18-15(21)16-3/h11-13,17H,5-10H2,1-4H3,(H2,16,18,20,21). The van der Waals surface area contributed by atoms with Crippen molar-refractivity contribution in [1.82, 2.24) is 20.9 Å². The van der Waals surface area contributed by atoms with Crippen LogP contribution in [0.3, 0.4) is 0 Å². The molecule has 1 fully saturated rings. The Bertz CT molecular complexity index is 341. The van der Waals surface area contributed by atoms with Crippen molar-refractivity contribution in [3.63, 3.8) is 0 Å². The van der Waals surface area contributed by atoms with E-state index in [1.807, 2.05) is 14.0 Å². The first kappa shape index (κ1) is 17.9. The molecule has 0 bridgehead atoms. The van der Waals surface area contributed by atoms with Gasteiger partial charge in [-0.1, -0.05) is 6.92 Å². The number of likely N-dealkylation sites (N-methyl/N-ethyl adjacent to an activating group) is 1. The van der Waals surface area contributed by atoms with Gasteiger partial charge in [0.2, 0.25) is 5.91 Å². The molecule has 0 aromatic heterocycles. The van der Waals surface area contributed by atoms with E-state index in [2.05, 4.69) is 27.8 Å². The van der Waals surface area contributed by atoms with Crippen LogP contribution >= 0.6 is 0 Å². The predicted molar refractivity (Wildman–Crippen MR) is 84.2 cm³/mol. The maximum Gasteiger partial charge on any atom is 0.321 e. The molecule has 6 nitrogen and oxygen atoms in total. The van der Waals surface area contributed by atoms with Crippen LogP contribution in [0.25, 0.3) is 0 Å². The zero-order chi connectivity index (χ0) is 15.8. The molecule has 0 aliphatic heterocycles. The number of nitrogens with one attached hydrogen (secondary N) is 3. The van der Waals surface area contributed by atoms with E-state index in [9.17, 15) is 9.59 Å². The highest BCUT2D eigenvalue weighted by Gasteiger charge is 2.29. The van der Waals surface area contributed by atoms with Crippen molar-refractivity contribution in [2.24, 2.45) is 0 Å². The first-order chi connectivity index (χ1) is 9.99. The Morgan fingerprint density at radius 1 is 1.24 bits per heavy atom. The van der Waals surface area contributed by atoms with Gasteiger partial charge >= 0.3 is 6.03 Å². The molecule has 0 spiro atoms. The van der Waals surface area contributed by atoms with Crippen LogP contribution in [0.1, 0.15) is 46.0 Å². The fraction of sp³-hybridized carbons (Fsp3) is 0.867. The van der Waals surface area contributed by atoms with Crippen LogP contribution in [-0.4, -0.2) is 55.6 Å². The van der Waals surface area contributed by atoms with Gasteiger partial charge in [-0.05, 0) is 52.6 Å². The zero-order valence-electron chi connectivity index (χ0n) is 13.7. The summed E-state index contributed by atoms with van der Waals surface area (Å²) in [4.78, 5) is 25.3. The molecule has 3 amide bonds. The first-order valence-electron chi connectivity index (χ1n) is 7.97. The second kappa shape index (κ2) is 9.00. The molecule has 1 atom stereocenters. The molecule has 1 saturated carbocycles. The topological polar surface area (TPSA) is 73.5 Å². The van der Waals surface area contributed by atoms with Gasteiger partial charge in [0, 0.05) is 19.1 Å². The Labute approximate surface area is 128 Å². The minimum absolute atomic E-state index is 0.247. The monoisotopic (exact) mass is 298 g/mol. The number of nitrogens with zero attached hydrogens (tertiary/aromatic N) is 1. The van der Waals surface area contributed by atoms with Crippen LogP contribution in [-0.2, 0) is 4.79 Å². The Hall–Kier alpha value is -1.14. The summed E-state index contributed by atoms with van der Waals surface area (Å²) in [5.74, 6) is -0.247. The van der Waals surface area contributed by atoms with E-state index in [1.54, 1.807) is 0 Å². The van der Waals surface area contributed by atoms with Gasteiger partial charge in [-0.3, -0.25) is 15.0 Å². The summed E-state index contributed by atoms with van der Waals surface area (Å²) in [6, 6.07) is 0.278. The number of urea groups is 1. The molecule has 0 radical (unpaired) electrons. The number of amides is 3. The molecule has 1 aliphatic rings. The lowest BCUT2D eigenvalue weighted by atomic mass is 9.89. The third-order valence-electron chi connectivity index (χ3n) is 4.41. The second-order valence-corrected chi connectivity index (χ2v) is 5.87. The smallest absolute Gasteiger partial charge is 0.321 e. The summed E-state index contributed by atoms with van der Waals surface area (Å²) >= 11 is 0. The molecular weight excluding hydrogens is 268 g/mol. The van der Waals surface area contributed by atoms with Gasteiger partial charge in [-0.15, -0.1) is 0 Å². The van der Waals surface area contributed by atoms with E-state index in [4.69, 9.17) is 0 Å². The van der Waals surface area contributed by atoms with Gasteiger partial charge in [0.25, 0.3) is 0 Å². The Kier molecular flexibility index (Phi) is 7.67. The van der Waals surface area contributed by atoms with Crippen molar-refractivity contribution in [1.29, 1.82) is 0 Å².